The topological polar surface area (TPSA) is 11.4 Å². The maximum Gasteiger partial charge on any atom is 0.0620 e. The highest BCUT2D eigenvalue weighted by molar-refractivity contribution is 6.20. The number of para-hydroxylation sites is 2. The SMILES string of the molecule is CC1(C)c2cc(-c3cc4c(-c5ccccc5)c(-c5ccccc5)n(-c5ccc(-c6ccccc6)cc5)c4c4ccccc34)ccc2-c2ccc(N(c3ccc(-c4ccccc4)cc3)c3ccc(N(c4ccccc4)c4ccccc4)cc3)cc21. The minimum absolute atomic E-state index is 0.319. The molecule has 15 rings (SSSR count). The number of hydrogen-bond acceptors (Lipinski definition) is 2. The second-order valence-corrected chi connectivity index (χ2v) is 22.5. The van der Waals surface area contributed by atoms with Crippen LogP contribution in [0.5, 0.6) is 0 Å². The highest BCUT2D eigenvalue weighted by Gasteiger charge is 2.37. The molecule has 398 valence electrons. The number of hydrogen-bond donors (Lipinski definition) is 0. The van der Waals surface area contributed by atoms with Gasteiger partial charge in [-0.25, -0.2) is 0 Å². The van der Waals surface area contributed by atoms with Crippen LogP contribution in [-0.4, -0.2) is 4.57 Å². The van der Waals surface area contributed by atoms with Gasteiger partial charge in [0.2, 0.25) is 0 Å². The molecule has 0 aliphatic heterocycles. The Morgan fingerprint density at radius 3 is 1.17 bits per heavy atom. The minimum Gasteiger partial charge on any atom is -0.311 e. The largest absolute Gasteiger partial charge is 0.311 e. The summed E-state index contributed by atoms with van der Waals surface area (Å²) in [5.41, 5.74) is 25.7. The second-order valence-electron chi connectivity index (χ2n) is 22.5. The van der Waals surface area contributed by atoms with E-state index < -0.39 is 0 Å². The van der Waals surface area contributed by atoms with Crippen molar-refractivity contribution in [1.29, 1.82) is 0 Å². The monoisotopic (exact) mass is 1070 g/mol. The van der Waals surface area contributed by atoms with Gasteiger partial charge in [0.1, 0.15) is 0 Å². The van der Waals surface area contributed by atoms with Crippen LogP contribution in [0.25, 0.3) is 94.3 Å². The van der Waals surface area contributed by atoms with Gasteiger partial charge in [0.15, 0.2) is 0 Å². The summed E-state index contributed by atoms with van der Waals surface area (Å²) in [6.07, 6.45) is 0. The molecule has 3 nitrogen and oxygen atoms in total. The van der Waals surface area contributed by atoms with Crippen LogP contribution in [0.15, 0.2) is 322 Å². The third-order valence-corrected chi connectivity index (χ3v) is 17.2. The molecule has 0 saturated carbocycles. The molecule has 3 heteroatoms. The molecule has 13 aromatic carbocycles. The van der Waals surface area contributed by atoms with Crippen LogP contribution in [0.1, 0.15) is 25.0 Å². The summed E-state index contributed by atoms with van der Waals surface area (Å²) in [6.45, 7) is 4.82. The molecule has 0 unspecified atom stereocenters. The zero-order valence-electron chi connectivity index (χ0n) is 46.9. The predicted molar refractivity (Wildman–Crippen MR) is 355 cm³/mol. The summed E-state index contributed by atoms with van der Waals surface area (Å²) in [5.74, 6) is 0. The van der Waals surface area contributed by atoms with Crippen LogP contribution in [0, 0.1) is 0 Å². The Kier molecular flexibility index (Phi) is 12.5. The van der Waals surface area contributed by atoms with E-state index in [1.165, 1.54) is 99.7 Å². The molecule has 1 aromatic heterocycles. The Labute approximate surface area is 491 Å². The van der Waals surface area contributed by atoms with Gasteiger partial charge in [0.05, 0.1) is 11.2 Å². The molecule has 0 N–H and O–H groups in total. The minimum atomic E-state index is -0.319. The summed E-state index contributed by atoms with van der Waals surface area (Å²) in [5, 5.41) is 3.64. The van der Waals surface area contributed by atoms with Crippen molar-refractivity contribution in [2.24, 2.45) is 0 Å². The van der Waals surface area contributed by atoms with Crippen LogP contribution >= 0.6 is 0 Å². The predicted octanol–water partition coefficient (Wildman–Crippen LogP) is 22.4. The molecule has 14 aromatic rings. The van der Waals surface area contributed by atoms with Crippen molar-refractivity contribution in [2.75, 3.05) is 9.80 Å². The maximum atomic E-state index is 2.52. The van der Waals surface area contributed by atoms with Crippen molar-refractivity contribution in [3.8, 4) is 72.6 Å². The van der Waals surface area contributed by atoms with E-state index in [1.54, 1.807) is 0 Å². The lowest BCUT2D eigenvalue weighted by Gasteiger charge is -2.29. The lowest BCUT2D eigenvalue weighted by molar-refractivity contribution is 0.660. The second kappa shape index (κ2) is 21.0. The highest BCUT2D eigenvalue weighted by Crippen LogP contribution is 2.54. The molecule has 0 spiro atoms. The van der Waals surface area contributed by atoms with Gasteiger partial charge >= 0.3 is 0 Å². The van der Waals surface area contributed by atoms with Gasteiger partial charge in [0.25, 0.3) is 0 Å². The van der Waals surface area contributed by atoms with E-state index in [1.807, 2.05) is 0 Å². The summed E-state index contributed by atoms with van der Waals surface area (Å²) in [4.78, 5) is 4.73. The van der Waals surface area contributed by atoms with Gasteiger partial charge in [-0.2, -0.15) is 0 Å². The highest BCUT2D eigenvalue weighted by atomic mass is 15.2. The van der Waals surface area contributed by atoms with Crippen molar-refractivity contribution in [3.63, 3.8) is 0 Å². The molecule has 84 heavy (non-hydrogen) atoms. The van der Waals surface area contributed by atoms with Crippen molar-refractivity contribution >= 4 is 55.8 Å². The number of benzene rings is 13. The molecular formula is C81H59N3. The van der Waals surface area contributed by atoms with E-state index >= 15 is 0 Å². The van der Waals surface area contributed by atoms with Gasteiger partial charge in [-0.15, -0.1) is 0 Å². The van der Waals surface area contributed by atoms with Crippen molar-refractivity contribution in [1.82, 2.24) is 4.57 Å². The molecule has 0 amide bonds. The van der Waals surface area contributed by atoms with Gasteiger partial charge in [0, 0.05) is 61.6 Å². The van der Waals surface area contributed by atoms with Crippen molar-refractivity contribution in [3.05, 3.63) is 333 Å². The Morgan fingerprint density at radius 1 is 0.262 bits per heavy atom. The van der Waals surface area contributed by atoms with Crippen molar-refractivity contribution in [2.45, 2.75) is 19.3 Å². The summed E-state index contributed by atoms with van der Waals surface area (Å²) in [6, 6.07) is 118. The zero-order chi connectivity index (χ0) is 56.1. The first-order valence-corrected chi connectivity index (χ1v) is 29.1. The van der Waals surface area contributed by atoms with Crippen LogP contribution < -0.4 is 9.80 Å². The van der Waals surface area contributed by atoms with Gasteiger partial charge < -0.3 is 14.4 Å². The number of nitrogens with zero attached hydrogens (tertiary/aromatic N) is 3. The number of rotatable bonds is 12. The third-order valence-electron chi connectivity index (χ3n) is 17.2. The van der Waals surface area contributed by atoms with E-state index in [0.717, 1.165) is 39.8 Å². The Morgan fingerprint density at radius 2 is 0.631 bits per heavy atom. The van der Waals surface area contributed by atoms with E-state index in [0.29, 0.717) is 0 Å². The van der Waals surface area contributed by atoms with E-state index in [2.05, 4.69) is 350 Å². The summed E-state index contributed by atoms with van der Waals surface area (Å²) < 4.78 is 2.52. The van der Waals surface area contributed by atoms with Gasteiger partial charge in [-0.1, -0.05) is 238 Å². The Bertz CT molecular complexity index is 4630. The normalized spacial score (nSPS) is 12.3. The van der Waals surface area contributed by atoms with Crippen molar-refractivity contribution < 1.29 is 0 Å². The van der Waals surface area contributed by atoms with Crippen LogP contribution in [-0.2, 0) is 5.41 Å². The smallest absolute Gasteiger partial charge is 0.0620 e. The molecular weight excluding hydrogens is 1010 g/mol. The quantitative estimate of drug-likeness (QED) is 0.121. The lowest BCUT2D eigenvalue weighted by atomic mass is 9.81. The van der Waals surface area contributed by atoms with E-state index in [4.69, 9.17) is 0 Å². The van der Waals surface area contributed by atoms with Gasteiger partial charge in [-0.05, 0) is 169 Å². The number of anilines is 6. The first-order valence-electron chi connectivity index (χ1n) is 29.1. The molecule has 1 aliphatic carbocycles. The van der Waals surface area contributed by atoms with Gasteiger partial charge in [-0.3, -0.25) is 0 Å². The zero-order valence-corrected chi connectivity index (χ0v) is 46.9. The standard InChI is InChI=1S/C81H59N3/c1-81(2)76-53-62(74-55-75-78(60-27-13-5-14-28-60)79(61-29-15-6-16-30-61)84(80(75)73-36-22-21-35-70(73)74)68-44-39-59(40-45-68)57-25-11-4-12-26-57)41-51-71(76)72-52-50-69(54-77(72)81)83(65-42-37-58(38-43-65)56-23-9-3-10-24-56)67-48-46-66(47-49-67)82(63-31-17-7-18-32-63)64-33-19-8-20-34-64/h3-55H,1-2H3. The fraction of sp³-hybridized carbons (Fsp3) is 0.0370. The average Bonchev–Trinajstić information content (AvgIpc) is 1.73. The fourth-order valence-electron chi connectivity index (χ4n) is 13.1. The maximum absolute atomic E-state index is 2.52. The lowest BCUT2D eigenvalue weighted by Crippen LogP contribution is -2.17. The first kappa shape index (κ1) is 50.2. The number of aromatic nitrogens is 1. The Balaban J connectivity index is 0.862. The third kappa shape index (κ3) is 8.77. The van der Waals surface area contributed by atoms with E-state index in [9.17, 15) is 0 Å². The molecule has 0 bridgehead atoms. The first-order chi connectivity index (χ1) is 41.4. The van der Waals surface area contributed by atoms with Crippen LogP contribution in [0.4, 0.5) is 34.1 Å². The Hall–Kier alpha value is -10.7. The molecule has 1 aliphatic rings. The molecule has 0 atom stereocenters. The molecule has 0 fully saturated rings. The van der Waals surface area contributed by atoms with Crippen LogP contribution in [0.3, 0.4) is 0 Å². The summed E-state index contributed by atoms with van der Waals surface area (Å²) in [7, 11) is 0. The molecule has 1 heterocycles. The number of fused-ring (bicyclic) bond motifs is 6. The van der Waals surface area contributed by atoms with E-state index in [-0.39, 0.29) is 5.41 Å². The fourth-order valence-corrected chi connectivity index (χ4v) is 13.1. The molecule has 0 saturated heterocycles. The van der Waals surface area contributed by atoms with Crippen LogP contribution in [0.2, 0.25) is 0 Å². The molecule has 0 radical (unpaired) electrons. The average molecular weight is 1070 g/mol. The summed E-state index contributed by atoms with van der Waals surface area (Å²) >= 11 is 0.